The minimum Gasteiger partial charge on any atom is -0.464 e. The number of nitrogens with one attached hydrogen (secondary N) is 2. The minimum absolute atomic E-state index is 0.0551. The maximum absolute atomic E-state index is 13.2. The maximum Gasteiger partial charge on any atom is 0.328 e. The Morgan fingerprint density at radius 2 is 0.794 bits per heavy atom. The van der Waals surface area contributed by atoms with E-state index < -0.39 is 36.0 Å². The van der Waals surface area contributed by atoms with Crippen LogP contribution in [0.5, 0.6) is 0 Å². The maximum atomic E-state index is 13.2. The molecule has 1 saturated carbocycles. The van der Waals surface area contributed by atoms with Crippen LogP contribution in [-0.2, 0) is 47.7 Å². The molecule has 3 rings (SSSR count). The number of carbonyl (C=O) groups excluding carboxylic acids is 6. The van der Waals surface area contributed by atoms with Gasteiger partial charge in [0, 0.05) is 38.5 Å². The summed E-state index contributed by atoms with van der Waals surface area (Å²) < 4.78 is 22.8. The van der Waals surface area contributed by atoms with Crippen molar-refractivity contribution in [2.75, 3.05) is 13.2 Å². The Balaban J connectivity index is 1.98. The third kappa shape index (κ3) is 33.4. The molecule has 0 radical (unpaired) electrons. The van der Waals surface area contributed by atoms with Crippen LogP contribution in [0.4, 0.5) is 0 Å². The summed E-state index contributed by atoms with van der Waals surface area (Å²) in [5, 5.41) is 5.68. The van der Waals surface area contributed by atoms with E-state index >= 15 is 0 Å². The fourth-order valence-corrected chi connectivity index (χ4v) is 8.60. The van der Waals surface area contributed by atoms with Crippen LogP contribution in [-0.4, -0.2) is 73.2 Å². The Morgan fingerprint density at radius 1 is 0.456 bits per heavy atom. The largest absolute Gasteiger partial charge is 0.464 e. The first-order valence-corrected chi connectivity index (χ1v) is 27.5. The molecule has 0 saturated heterocycles. The molecule has 68 heavy (non-hydrogen) atoms. The van der Waals surface area contributed by atoms with Crippen molar-refractivity contribution in [1.82, 2.24) is 10.6 Å². The molecule has 0 aromatic carbocycles. The topological polar surface area (TPSA) is 163 Å². The predicted molar refractivity (Wildman–Crippen MR) is 268 cm³/mol. The van der Waals surface area contributed by atoms with Crippen LogP contribution in [0.1, 0.15) is 258 Å². The number of fused-ring (bicyclic) bond motifs is 31. The molecular formula is C56H92N2O10. The van der Waals surface area contributed by atoms with Crippen LogP contribution in [0.15, 0.2) is 0 Å². The van der Waals surface area contributed by atoms with Gasteiger partial charge in [0.25, 0.3) is 0 Å². The molecule has 1 aliphatic carbocycles. The van der Waals surface area contributed by atoms with E-state index in [4.69, 9.17) is 18.9 Å². The first-order chi connectivity index (χ1) is 33.2. The van der Waals surface area contributed by atoms with Gasteiger partial charge in [-0.25, -0.2) is 9.59 Å². The van der Waals surface area contributed by atoms with Crippen LogP contribution in [0.25, 0.3) is 0 Å². The van der Waals surface area contributed by atoms with Gasteiger partial charge in [0.15, 0.2) is 0 Å². The van der Waals surface area contributed by atoms with Crippen LogP contribution in [0.2, 0.25) is 0 Å². The van der Waals surface area contributed by atoms with Crippen molar-refractivity contribution in [2.45, 2.75) is 282 Å². The lowest BCUT2D eigenvalue weighted by molar-refractivity contribution is -0.159. The summed E-state index contributed by atoms with van der Waals surface area (Å²) >= 11 is 0. The zero-order chi connectivity index (χ0) is 49.1. The zero-order valence-electron chi connectivity index (χ0n) is 42.7. The molecule has 2 aliphatic heterocycles. The monoisotopic (exact) mass is 953 g/mol. The third-order valence-electron chi connectivity index (χ3n) is 12.9. The van der Waals surface area contributed by atoms with Gasteiger partial charge in [-0.2, -0.15) is 0 Å². The van der Waals surface area contributed by atoms with Gasteiger partial charge in [0.2, 0.25) is 11.8 Å². The smallest absolute Gasteiger partial charge is 0.328 e. The Labute approximate surface area is 411 Å². The molecule has 2 heterocycles. The van der Waals surface area contributed by atoms with Gasteiger partial charge in [-0.3, -0.25) is 19.2 Å². The predicted octanol–water partition coefficient (Wildman–Crippen LogP) is 11.8. The number of carbonyl (C=O) groups is 6. The second kappa shape index (κ2) is 41.9. The van der Waals surface area contributed by atoms with Crippen LogP contribution in [0, 0.1) is 23.7 Å². The van der Waals surface area contributed by atoms with Crippen LogP contribution in [0.3, 0.4) is 0 Å². The van der Waals surface area contributed by atoms with Crippen molar-refractivity contribution < 1.29 is 47.7 Å². The van der Waals surface area contributed by atoms with Gasteiger partial charge in [0.05, 0.1) is 13.2 Å². The van der Waals surface area contributed by atoms with Crippen molar-refractivity contribution >= 4 is 35.7 Å². The normalized spacial score (nSPS) is 21.9. The number of ether oxygens (including phenoxy) is 4. The van der Waals surface area contributed by atoms with Crippen molar-refractivity contribution in [3.63, 3.8) is 0 Å². The summed E-state index contributed by atoms with van der Waals surface area (Å²) in [5.74, 6) is 9.75. The summed E-state index contributed by atoms with van der Waals surface area (Å²) in [4.78, 5) is 78.5. The van der Waals surface area contributed by atoms with E-state index in [1.807, 2.05) is 0 Å². The number of amides is 2. The lowest BCUT2D eigenvalue weighted by atomic mass is 9.95. The molecular weight excluding hydrogens is 861 g/mol. The average Bonchev–Trinajstić information content (AvgIpc) is 3.32. The molecule has 2 N–H and O–H groups in total. The second-order valence-corrected chi connectivity index (χ2v) is 19.1. The summed E-state index contributed by atoms with van der Waals surface area (Å²) in [5.41, 5.74) is 0. The van der Waals surface area contributed by atoms with E-state index in [9.17, 15) is 28.8 Å². The molecule has 0 spiro atoms. The van der Waals surface area contributed by atoms with E-state index in [0.717, 1.165) is 103 Å². The molecule has 0 aromatic heterocycles. The lowest BCUT2D eigenvalue weighted by Crippen LogP contribution is -2.42. The van der Waals surface area contributed by atoms with E-state index in [1.165, 1.54) is 64.2 Å². The number of hydrogen-bond acceptors (Lipinski definition) is 10. The number of hydrogen-bond donors (Lipinski definition) is 2. The SMILES string of the molecule is CCCCCCCCCCOC(=O)[C@@H]1CCC(=O)OC2CCC(CC2)OC(=O)CC[C@@H](C(=O)OCCCCCCCCCC)NC(=O)CCCCCCCC#CC#CCCCCCCCC(=O)N1. The highest BCUT2D eigenvalue weighted by atomic mass is 16.6. The summed E-state index contributed by atoms with van der Waals surface area (Å²) in [6, 6.07) is -1.88. The highest BCUT2D eigenvalue weighted by Gasteiger charge is 2.29. The van der Waals surface area contributed by atoms with Gasteiger partial charge in [-0.15, -0.1) is 0 Å². The van der Waals surface area contributed by atoms with Crippen molar-refractivity contribution in [2.24, 2.45) is 0 Å². The molecule has 3 aliphatic rings. The Morgan fingerprint density at radius 3 is 1.18 bits per heavy atom. The first kappa shape index (κ1) is 60.1. The molecule has 1 fully saturated rings. The van der Waals surface area contributed by atoms with E-state index in [1.54, 1.807) is 0 Å². The Hall–Kier alpha value is -4.06. The van der Waals surface area contributed by atoms with E-state index in [-0.39, 0.29) is 62.9 Å². The highest BCUT2D eigenvalue weighted by molar-refractivity contribution is 5.85. The molecule has 12 heteroatoms. The molecule has 2 bridgehead atoms. The molecule has 2 amide bonds. The van der Waals surface area contributed by atoms with Crippen LogP contribution >= 0.6 is 0 Å². The number of unbranched alkanes of at least 4 members (excludes halogenated alkanes) is 14. The minimum atomic E-state index is -0.942. The van der Waals surface area contributed by atoms with E-state index in [2.05, 4.69) is 48.2 Å². The quantitative estimate of drug-likeness (QED) is 0.0520. The van der Waals surface area contributed by atoms with Crippen LogP contribution < -0.4 is 10.6 Å². The van der Waals surface area contributed by atoms with Gasteiger partial charge < -0.3 is 29.6 Å². The molecule has 12 nitrogen and oxygen atoms in total. The van der Waals surface area contributed by atoms with Crippen molar-refractivity contribution in [3.8, 4) is 23.7 Å². The summed E-state index contributed by atoms with van der Waals surface area (Å²) in [7, 11) is 0. The average molecular weight is 953 g/mol. The fraction of sp³-hybridized carbons (Fsp3) is 0.821. The fourth-order valence-electron chi connectivity index (χ4n) is 8.60. The van der Waals surface area contributed by atoms with Gasteiger partial charge in [0.1, 0.15) is 24.3 Å². The van der Waals surface area contributed by atoms with Gasteiger partial charge in [-0.05, 0) is 88.9 Å². The molecule has 2 atom stereocenters. The van der Waals surface area contributed by atoms with Crippen molar-refractivity contribution in [3.05, 3.63) is 0 Å². The second-order valence-electron chi connectivity index (χ2n) is 19.1. The zero-order valence-corrected chi connectivity index (χ0v) is 42.7. The Kier molecular flexibility index (Phi) is 37.0. The number of rotatable bonds is 20. The lowest BCUT2D eigenvalue weighted by Gasteiger charge is -2.28. The summed E-state index contributed by atoms with van der Waals surface area (Å²) in [6.45, 7) is 4.96. The van der Waals surface area contributed by atoms with E-state index in [0.29, 0.717) is 51.4 Å². The first-order valence-electron chi connectivity index (χ1n) is 27.5. The standard InChI is InChI=1S/C56H92N2O10/c1-3-5-7-9-11-25-29-33-45-65-55(63)49-41-43-53(61)67-47-37-39-48(40-38-47)68-54(62)44-42-50(56(64)66-46-34-30-26-12-10-8-6-4-2)58-52(60)36-32-28-24-22-20-18-16-14-13-15-17-19-21-23-27-31-35-51(59)57-49/h47-50H,3-12,17-46H2,1-2H3,(H,57,59)(H,58,60)/t47?,48?,49-,50-/m0/s1. The van der Waals surface area contributed by atoms with Gasteiger partial charge in [-0.1, -0.05) is 154 Å². The molecule has 0 unspecified atom stereocenters. The highest BCUT2D eigenvalue weighted by Crippen LogP contribution is 2.25. The third-order valence-corrected chi connectivity index (χ3v) is 12.9. The Bertz CT molecular complexity index is 1410. The van der Waals surface area contributed by atoms with Gasteiger partial charge >= 0.3 is 23.9 Å². The molecule has 386 valence electrons. The number of esters is 4. The van der Waals surface area contributed by atoms with Crippen molar-refractivity contribution in [1.29, 1.82) is 0 Å². The summed E-state index contributed by atoms with van der Waals surface area (Å²) in [6.07, 6.45) is 30.5. The molecule has 0 aromatic rings.